The molecule has 3 heteroatoms. The highest BCUT2D eigenvalue weighted by atomic mass is 16.2. The third-order valence-corrected chi connectivity index (χ3v) is 4.45. The van der Waals surface area contributed by atoms with Crippen molar-refractivity contribution in [3.05, 3.63) is 12.2 Å². The van der Waals surface area contributed by atoms with E-state index in [0.717, 1.165) is 25.6 Å². The summed E-state index contributed by atoms with van der Waals surface area (Å²) < 4.78 is 0. The first-order chi connectivity index (χ1) is 9.27. The SMILES string of the molecule is C[C@H]1CCCCN1C(=O)CCNC[C@@H]1CC=CCC1. The number of amides is 1. The molecule has 2 atom stereocenters. The number of nitrogens with one attached hydrogen (secondary N) is 1. The smallest absolute Gasteiger partial charge is 0.224 e. The minimum absolute atomic E-state index is 0.336. The molecule has 19 heavy (non-hydrogen) atoms. The highest BCUT2D eigenvalue weighted by molar-refractivity contribution is 5.76. The standard InChI is InChI=1S/C16H28N2O/c1-14-7-5-6-12-18(14)16(19)10-11-17-13-15-8-3-2-4-9-15/h2-3,14-15,17H,4-13H2,1H3/t14-,15+/m0/s1. The lowest BCUT2D eigenvalue weighted by Crippen LogP contribution is -2.43. The molecule has 0 spiro atoms. The lowest BCUT2D eigenvalue weighted by Gasteiger charge is -2.33. The van der Waals surface area contributed by atoms with E-state index in [0.29, 0.717) is 18.4 Å². The van der Waals surface area contributed by atoms with Crippen LogP contribution in [0.25, 0.3) is 0 Å². The largest absolute Gasteiger partial charge is 0.340 e. The van der Waals surface area contributed by atoms with Crippen LogP contribution in [-0.2, 0) is 4.79 Å². The molecule has 0 aromatic rings. The maximum absolute atomic E-state index is 12.1. The number of likely N-dealkylation sites (tertiary alicyclic amines) is 1. The first-order valence-corrected chi connectivity index (χ1v) is 7.92. The Balaban J connectivity index is 1.59. The Morgan fingerprint density at radius 2 is 2.21 bits per heavy atom. The third-order valence-electron chi connectivity index (χ3n) is 4.45. The molecule has 1 heterocycles. The number of allylic oxidation sites excluding steroid dienone is 2. The van der Waals surface area contributed by atoms with Crippen LogP contribution in [0.3, 0.4) is 0 Å². The number of hydrogen-bond acceptors (Lipinski definition) is 2. The second kappa shape index (κ2) is 7.68. The van der Waals surface area contributed by atoms with Gasteiger partial charge in [0.15, 0.2) is 0 Å². The van der Waals surface area contributed by atoms with Gasteiger partial charge in [0.05, 0.1) is 0 Å². The van der Waals surface area contributed by atoms with Gasteiger partial charge in [-0.15, -0.1) is 0 Å². The summed E-state index contributed by atoms with van der Waals surface area (Å²) in [6.07, 6.45) is 12.6. The molecule has 0 aromatic heterocycles. The molecule has 0 aromatic carbocycles. The van der Waals surface area contributed by atoms with Crippen molar-refractivity contribution < 1.29 is 4.79 Å². The van der Waals surface area contributed by atoms with Crippen molar-refractivity contribution in [2.45, 2.75) is 57.9 Å². The number of piperidine rings is 1. The van der Waals surface area contributed by atoms with Crippen molar-refractivity contribution in [1.29, 1.82) is 0 Å². The Labute approximate surface area is 117 Å². The van der Waals surface area contributed by atoms with Crippen molar-refractivity contribution >= 4 is 5.91 Å². The Kier molecular flexibility index (Phi) is 5.90. The highest BCUT2D eigenvalue weighted by Gasteiger charge is 2.22. The normalized spacial score (nSPS) is 27.5. The van der Waals surface area contributed by atoms with Gasteiger partial charge in [0, 0.05) is 25.6 Å². The lowest BCUT2D eigenvalue weighted by atomic mass is 9.94. The van der Waals surface area contributed by atoms with Crippen LogP contribution >= 0.6 is 0 Å². The molecule has 0 radical (unpaired) electrons. The van der Waals surface area contributed by atoms with Crippen LogP contribution in [0.5, 0.6) is 0 Å². The van der Waals surface area contributed by atoms with E-state index in [1.165, 1.54) is 38.5 Å². The molecule has 2 rings (SSSR count). The van der Waals surface area contributed by atoms with Gasteiger partial charge in [-0.25, -0.2) is 0 Å². The second-order valence-electron chi connectivity index (χ2n) is 6.04. The van der Waals surface area contributed by atoms with Crippen LogP contribution in [0.15, 0.2) is 12.2 Å². The van der Waals surface area contributed by atoms with E-state index in [2.05, 4.69) is 29.3 Å². The first kappa shape index (κ1) is 14.6. The number of nitrogens with zero attached hydrogens (tertiary/aromatic N) is 1. The molecule has 0 bridgehead atoms. The highest BCUT2D eigenvalue weighted by Crippen LogP contribution is 2.18. The first-order valence-electron chi connectivity index (χ1n) is 7.92. The lowest BCUT2D eigenvalue weighted by molar-refractivity contribution is -0.134. The Morgan fingerprint density at radius 1 is 1.32 bits per heavy atom. The van der Waals surface area contributed by atoms with Gasteiger partial charge in [-0.05, 0) is 57.9 Å². The molecule has 0 saturated carbocycles. The fourth-order valence-corrected chi connectivity index (χ4v) is 3.16. The fraction of sp³-hybridized carbons (Fsp3) is 0.812. The Bertz CT molecular complexity index is 314. The molecule has 1 aliphatic heterocycles. The van der Waals surface area contributed by atoms with Gasteiger partial charge in [0.25, 0.3) is 0 Å². The molecule has 0 unspecified atom stereocenters. The van der Waals surface area contributed by atoms with Gasteiger partial charge in [0.1, 0.15) is 0 Å². The van der Waals surface area contributed by atoms with Crippen LogP contribution in [0.1, 0.15) is 51.9 Å². The fourth-order valence-electron chi connectivity index (χ4n) is 3.16. The van der Waals surface area contributed by atoms with E-state index in [1.807, 2.05) is 0 Å². The molecule has 1 N–H and O–H groups in total. The van der Waals surface area contributed by atoms with E-state index in [4.69, 9.17) is 0 Å². The van der Waals surface area contributed by atoms with Crippen molar-refractivity contribution in [2.75, 3.05) is 19.6 Å². The average molecular weight is 264 g/mol. The molecule has 1 saturated heterocycles. The summed E-state index contributed by atoms with van der Waals surface area (Å²) in [5.41, 5.74) is 0. The Hall–Kier alpha value is -0.830. The maximum atomic E-state index is 12.1. The van der Waals surface area contributed by atoms with Gasteiger partial charge in [0.2, 0.25) is 5.91 Å². The predicted octanol–water partition coefficient (Wildman–Crippen LogP) is 2.72. The quantitative estimate of drug-likeness (QED) is 0.611. The van der Waals surface area contributed by atoms with E-state index < -0.39 is 0 Å². The second-order valence-corrected chi connectivity index (χ2v) is 6.04. The zero-order valence-electron chi connectivity index (χ0n) is 12.2. The summed E-state index contributed by atoms with van der Waals surface area (Å²) in [6, 6.07) is 0.449. The number of carbonyl (C=O) groups is 1. The van der Waals surface area contributed by atoms with Gasteiger partial charge in [-0.3, -0.25) is 4.79 Å². The zero-order chi connectivity index (χ0) is 13.5. The molecule has 1 amide bonds. The summed E-state index contributed by atoms with van der Waals surface area (Å²) >= 11 is 0. The van der Waals surface area contributed by atoms with Crippen LogP contribution in [0.2, 0.25) is 0 Å². The van der Waals surface area contributed by atoms with Crippen molar-refractivity contribution in [1.82, 2.24) is 10.2 Å². The molecular weight excluding hydrogens is 236 g/mol. The molecule has 3 nitrogen and oxygen atoms in total. The molecule has 108 valence electrons. The summed E-state index contributed by atoms with van der Waals surface area (Å²) in [5, 5.41) is 3.46. The van der Waals surface area contributed by atoms with Gasteiger partial charge >= 0.3 is 0 Å². The maximum Gasteiger partial charge on any atom is 0.224 e. The van der Waals surface area contributed by atoms with Gasteiger partial charge in [-0.1, -0.05) is 12.2 Å². The van der Waals surface area contributed by atoms with Crippen LogP contribution in [-0.4, -0.2) is 36.5 Å². The summed E-state index contributed by atoms with van der Waals surface area (Å²) in [5.74, 6) is 1.11. The number of rotatable bonds is 5. The van der Waals surface area contributed by atoms with Crippen LogP contribution in [0.4, 0.5) is 0 Å². The number of hydrogen-bond donors (Lipinski definition) is 1. The average Bonchev–Trinajstić information content (AvgIpc) is 2.45. The third kappa shape index (κ3) is 4.64. The molecule has 1 fully saturated rings. The Morgan fingerprint density at radius 3 is 2.95 bits per heavy atom. The van der Waals surface area contributed by atoms with Crippen molar-refractivity contribution in [2.24, 2.45) is 5.92 Å². The van der Waals surface area contributed by atoms with Crippen molar-refractivity contribution in [3.63, 3.8) is 0 Å². The van der Waals surface area contributed by atoms with E-state index >= 15 is 0 Å². The van der Waals surface area contributed by atoms with Gasteiger partial charge < -0.3 is 10.2 Å². The molecular formula is C16H28N2O. The number of carbonyl (C=O) groups excluding carboxylic acids is 1. The van der Waals surface area contributed by atoms with Crippen LogP contribution < -0.4 is 5.32 Å². The monoisotopic (exact) mass is 264 g/mol. The zero-order valence-corrected chi connectivity index (χ0v) is 12.2. The molecule has 2 aliphatic rings. The van der Waals surface area contributed by atoms with E-state index in [9.17, 15) is 4.79 Å². The van der Waals surface area contributed by atoms with Crippen molar-refractivity contribution in [3.8, 4) is 0 Å². The summed E-state index contributed by atoms with van der Waals surface area (Å²) in [7, 11) is 0. The predicted molar refractivity (Wildman–Crippen MR) is 79.0 cm³/mol. The minimum Gasteiger partial charge on any atom is -0.340 e. The summed E-state index contributed by atoms with van der Waals surface area (Å²) in [4.78, 5) is 14.2. The summed E-state index contributed by atoms with van der Waals surface area (Å²) in [6.45, 7) is 5.04. The molecule has 1 aliphatic carbocycles. The van der Waals surface area contributed by atoms with Gasteiger partial charge in [-0.2, -0.15) is 0 Å². The topological polar surface area (TPSA) is 32.3 Å². The van der Waals surface area contributed by atoms with E-state index in [-0.39, 0.29) is 0 Å². The minimum atomic E-state index is 0.336. The van der Waals surface area contributed by atoms with Crippen LogP contribution in [0, 0.1) is 5.92 Å². The van der Waals surface area contributed by atoms with E-state index in [1.54, 1.807) is 0 Å².